The Balaban J connectivity index is 2.15. The number of nitrogens with two attached hydrogens (primary N) is 1. The van der Waals surface area contributed by atoms with E-state index >= 15 is 0 Å². The number of hydrogen-bond acceptors (Lipinski definition) is 4. The van der Waals surface area contributed by atoms with Gasteiger partial charge in [-0.05, 0) is 37.3 Å². The fourth-order valence-electron chi connectivity index (χ4n) is 2.62. The molecule has 2 heterocycles. The van der Waals surface area contributed by atoms with Gasteiger partial charge in [0.05, 0.1) is 6.20 Å². The van der Waals surface area contributed by atoms with Gasteiger partial charge in [0, 0.05) is 19.1 Å². The zero-order chi connectivity index (χ0) is 12.3. The highest BCUT2D eigenvalue weighted by Crippen LogP contribution is 2.28. The van der Waals surface area contributed by atoms with Gasteiger partial charge in [-0.2, -0.15) is 5.10 Å². The Morgan fingerprint density at radius 3 is 3.00 bits per heavy atom. The van der Waals surface area contributed by atoms with Crippen LogP contribution in [0.25, 0.3) is 0 Å². The van der Waals surface area contributed by atoms with Gasteiger partial charge in [0.15, 0.2) is 5.82 Å². The van der Waals surface area contributed by atoms with Crippen LogP contribution in [-0.4, -0.2) is 29.3 Å². The molecule has 17 heavy (non-hydrogen) atoms. The Kier molecular flexibility index (Phi) is 3.94. The lowest BCUT2D eigenvalue weighted by molar-refractivity contribution is 0.334. The number of aromatic nitrogens is 2. The first-order valence-electron chi connectivity index (χ1n) is 6.50. The second-order valence-electron chi connectivity index (χ2n) is 4.97. The Hall–Kier alpha value is -1.16. The summed E-state index contributed by atoms with van der Waals surface area (Å²) in [5.74, 6) is 1.80. The number of piperidine rings is 1. The molecule has 0 aliphatic carbocycles. The van der Waals surface area contributed by atoms with Gasteiger partial charge in [0.1, 0.15) is 0 Å². The smallest absolute Gasteiger partial charge is 0.151 e. The van der Waals surface area contributed by atoms with Gasteiger partial charge in [0.2, 0.25) is 0 Å². The van der Waals surface area contributed by atoms with Crippen LogP contribution in [0.2, 0.25) is 0 Å². The van der Waals surface area contributed by atoms with E-state index in [0.717, 1.165) is 23.8 Å². The molecule has 4 nitrogen and oxygen atoms in total. The van der Waals surface area contributed by atoms with E-state index < -0.39 is 0 Å². The monoisotopic (exact) mass is 234 g/mol. The zero-order valence-electron chi connectivity index (χ0n) is 10.8. The van der Waals surface area contributed by atoms with Gasteiger partial charge in [-0.15, -0.1) is 5.10 Å². The molecule has 2 N–H and O–H groups in total. The highest BCUT2D eigenvalue weighted by atomic mass is 15.3. The van der Waals surface area contributed by atoms with Crippen molar-refractivity contribution in [2.24, 2.45) is 11.7 Å². The molecule has 1 fully saturated rings. The van der Waals surface area contributed by atoms with E-state index in [-0.39, 0.29) is 0 Å². The standard InChI is InChI=1S/C13H22N4/c1-3-11-4-5-17(12(7-11)8-14)13-6-10(2)9-15-16-13/h6,9,11-12H,3-5,7-8,14H2,1-2H3. The van der Waals surface area contributed by atoms with Crippen molar-refractivity contribution in [3.05, 3.63) is 17.8 Å². The van der Waals surface area contributed by atoms with E-state index in [9.17, 15) is 0 Å². The predicted molar refractivity (Wildman–Crippen MR) is 70.0 cm³/mol. The highest BCUT2D eigenvalue weighted by molar-refractivity contribution is 5.41. The summed E-state index contributed by atoms with van der Waals surface area (Å²) in [6.07, 6.45) is 5.47. The fraction of sp³-hybridized carbons (Fsp3) is 0.692. The van der Waals surface area contributed by atoms with Gasteiger partial charge in [-0.1, -0.05) is 13.3 Å². The molecule has 0 bridgehead atoms. The maximum atomic E-state index is 5.90. The fourth-order valence-corrected chi connectivity index (χ4v) is 2.62. The first-order valence-corrected chi connectivity index (χ1v) is 6.50. The van der Waals surface area contributed by atoms with E-state index in [2.05, 4.69) is 35.0 Å². The average molecular weight is 234 g/mol. The molecule has 0 saturated carbocycles. The van der Waals surface area contributed by atoms with Gasteiger partial charge < -0.3 is 10.6 Å². The van der Waals surface area contributed by atoms with Gasteiger partial charge >= 0.3 is 0 Å². The van der Waals surface area contributed by atoms with E-state index in [0.29, 0.717) is 12.6 Å². The highest BCUT2D eigenvalue weighted by Gasteiger charge is 2.27. The lowest BCUT2D eigenvalue weighted by Crippen LogP contribution is -2.47. The molecule has 0 amide bonds. The molecule has 2 rings (SSSR count). The third-order valence-corrected chi connectivity index (χ3v) is 3.75. The van der Waals surface area contributed by atoms with E-state index in [4.69, 9.17) is 5.73 Å². The van der Waals surface area contributed by atoms with Crippen molar-refractivity contribution in [1.29, 1.82) is 0 Å². The maximum Gasteiger partial charge on any atom is 0.151 e. The lowest BCUT2D eigenvalue weighted by Gasteiger charge is -2.39. The first-order chi connectivity index (χ1) is 8.24. The Bertz CT molecular complexity index is 366. The molecule has 2 atom stereocenters. The largest absolute Gasteiger partial charge is 0.351 e. The van der Waals surface area contributed by atoms with Crippen molar-refractivity contribution in [3.8, 4) is 0 Å². The summed E-state index contributed by atoms with van der Waals surface area (Å²) in [6.45, 7) is 6.07. The van der Waals surface area contributed by atoms with E-state index in [1.165, 1.54) is 19.3 Å². The minimum Gasteiger partial charge on any atom is -0.351 e. The molecular weight excluding hydrogens is 212 g/mol. The third kappa shape index (κ3) is 2.75. The van der Waals surface area contributed by atoms with Crippen LogP contribution in [0.5, 0.6) is 0 Å². The number of nitrogens with zero attached hydrogens (tertiary/aromatic N) is 3. The van der Waals surface area contributed by atoms with E-state index in [1.807, 2.05) is 0 Å². The van der Waals surface area contributed by atoms with Crippen molar-refractivity contribution < 1.29 is 0 Å². The molecule has 1 aromatic heterocycles. The zero-order valence-corrected chi connectivity index (χ0v) is 10.8. The van der Waals surface area contributed by atoms with Gasteiger partial charge in [0.25, 0.3) is 0 Å². The summed E-state index contributed by atoms with van der Waals surface area (Å²) in [4.78, 5) is 2.33. The predicted octanol–water partition coefficient (Wildman–Crippen LogP) is 1.74. The number of anilines is 1. The van der Waals surface area contributed by atoms with Gasteiger partial charge in [-0.3, -0.25) is 0 Å². The van der Waals surface area contributed by atoms with Crippen LogP contribution in [-0.2, 0) is 0 Å². The summed E-state index contributed by atoms with van der Waals surface area (Å²) in [5, 5.41) is 8.27. The Labute approximate surface area is 103 Å². The third-order valence-electron chi connectivity index (χ3n) is 3.75. The molecule has 0 radical (unpaired) electrons. The summed E-state index contributed by atoms with van der Waals surface area (Å²) in [6, 6.07) is 2.52. The van der Waals surface area contributed by atoms with Crippen LogP contribution < -0.4 is 10.6 Å². The van der Waals surface area contributed by atoms with Crippen LogP contribution in [0.1, 0.15) is 31.7 Å². The molecule has 1 aliphatic heterocycles. The van der Waals surface area contributed by atoms with Gasteiger partial charge in [-0.25, -0.2) is 0 Å². The molecule has 1 saturated heterocycles. The maximum absolute atomic E-state index is 5.90. The molecule has 0 aromatic carbocycles. The SMILES string of the molecule is CCC1CCN(c2cc(C)cnn2)C(CN)C1. The van der Waals surface area contributed by atoms with Crippen LogP contribution in [0, 0.1) is 12.8 Å². The Morgan fingerprint density at radius 1 is 1.53 bits per heavy atom. The normalized spacial score (nSPS) is 25.0. The summed E-state index contributed by atoms with van der Waals surface area (Å²) < 4.78 is 0. The van der Waals surface area contributed by atoms with Crippen molar-refractivity contribution in [1.82, 2.24) is 10.2 Å². The molecule has 0 spiro atoms. The van der Waals surface area contributed by atoms with Crippen molar-refractivity contribution in [2.45, 2.75) is 39.2 Å². The molecule has 4 heteroatoms. The second-order valence-corrected chi connectivity index (χ2v) is 4.97. The van der Waals surface area contributed by atoms with Crippen LogP contribution in [0.15, 0.2) is 12.3 Å². The molecule has 1 aliphatic rings. The van der Waals surface area contributed by atoms with Crippen molar-refractivity contribution in [2.75, 3.05) is 18.0 Å². The molecule has 2 unspecified atom stereocenters. The number of hydrogen-bond donors (Lipinski definition) is 1. The second kappa shape index (κ2) is 5.45. The quantitative estimate of drug-likeness (QED) is 0.865. The van der Waals surface area contributed by atoms with Crippen molar-refractivity contribution >= 4 is 5.82 Å². The topological polar surface area (TPSA) is 55.0 Å². The molecular formula is C13H22N4. The molecule has 1 aromatic rings. The van der Waals surface area contributed by atoms with Crippen molar-refractivity contribution in [3.63, 3.8) is 0 Å². The van der Waals surface area contributed by atoms with E-state index in [1.54, 1.807) is 6.20 Å². The van der Waals surface area contributed by atoms with Crippen LogP contribution >= 0.6 is 0 Å². The average Bonchev–Trinajstić information content (AvgIpc) is 2.38. The Morgan fingerprint density at radius 2 is 2.35 bits per heavy atom. The minimum atomic E-state index is 0.421. The lowest BCUT2D eigenvalue weighted by atomic mass is 9.89. The molecule has 94 valence electrons. The number of aryl methyl sites for hydroxylation is 1. The van der Waals surface area contributed by atoms with Crippen LogP contribution in [0.4, 0.5) is 5.82 Å². The summed E-state index contributed by atoms with van der Waals surface area (Å²) >= 11 is 0. The first kappa shape index (κ1) is 12.3. The minimum absolute atomic E-state index is 0.421. The summed E-state index contributed by atoms with van der Waals surface area (Å²) in [5.41, 5.74) is 7.05. The summed E-state index contributed by atoms with van der Waals surface area (Å²) in [7, 11) is 0. The van der Waals surface area contributed by atoms with Crippen LogP contribution in [0.3, 0.4) is 0 Å². The number of rotatable bonds is 3.